The van der Waals surface area contributed by atoms with Gasteiger partial charge >= 0.3 is 0 Å². The molecule has 2 heterocycles. The molecule has 1 aromatic rings. The fourth-order valence-electron chi connectivity index (χ4n) is 2.77. The van der Waals surface area contributed by atoms with Crippen LogP contribution in [-0.2, 0) is 4.79 Å². The quantitative estimate of drug-likeness (QED) is 0.852. The summed E-state index contributed by atoms with van der Waals surface area (Å²) in [5.41, 5.74) is 0.0121. The molecule has 1 saturated heterocycles. The Morgan fingerprint density at radius 1 is 1.35 bits per heavy atom. The molecule has 1 aromatic heterocycles. The largest absolute Gasteiger partial charge is 0.337 e. The highest BCUT2D eigenvalue weighted by atomic mass is 16.5. The Morgan fingerprint density at radius 2 is 2.10 bits per heavy atom. The molecule has 1 aliphatic carbocycles. The van der Waals surface area contributed by atoms with Gasteiger partial charge in [0.15, 0.2) is 5.82 Å². The first-order chi connectivity index (χ1) is 9.44. The van der Waals surface area contributed by atoms with E-state index in [0.717, 1.165) is 38.1 Å². The number of hydrogen-bond donors (Lipinski definition) is 0. The molecule has 1 aliphatic heterocycles. The van der Waals surface area contributed by atoms with Crippen LogP contribution < -0.4 is 0 Å². The van der Waals surface area contributed by atoms with E-state index in [-0.39, 0.29) is 17.4 Å². The number of aromatic nitrogens is 2. The highest BCUT2D eigenvalue weighted by Gasteiger charge is 2.37. The second kappa shape index (κ2) is 4.86. The highest BCUT2D eigenvalue weighted by Crippen LogP contribution is 2.40. The fourth-order valence-corrected chi connectivity index (χ4v) is 2.77. The summed E-state index contributed by atoms with van der Waals surface area (Å²) < 4.78 is 5.41. The van der Waals surface area contributed by atoms with Crippen LogP contribution in [0.4, 0.5) is 0 Å². The number of amides is 1. The van der Waals surface area contributed by atoms with Gasteiger partial charge in [-0.1, -0.05) is 25.9 Å². The average molecular weight is 277 g/mol. The molecular formula is C15H23N3O2. The molecule has 110 valence electrons. The van der Waals surface area contributed by atoms with Crippen LogP contribution in [0.15, 0.2) is 4.52 Å². The van der Waals surface area contributed by atoms with Crippen molar-refractivity contribution in [1.29, 1.82) is 0 Å². The Labute approximate surface area is 119 Å². The average Bonchev–Trinajstić information content (AvgIpc) is 2.91. The third kappa shape index (κ3) is 2.86. The van der Waals surface area contributed by atoms with Crippen LogP contribution in [-0.4, -0.2) is 27.5 Å². The van der Waals surface area contributed by atoms with Crippen molar-refractivity contribution in [2.75, 3.05) is 6.54 Å². The number of nitrogens with zero attached hydrogens (tertiary/aromatic N) is 3. The first-order valence-electron chi connectivity index (χ1n) is 7.57. The van der Waals surface area contributed by atoms with Gasteiger partial charge < -0.3 is 9.42 Å². The number of carbonyl (C=O) groups is 1. The van der Waals surface area contributed by atoms with E-state index in [0.29, 0.717) is 18.2 Å². The van der Waals surface area contributed by atoms with Crippen LogP contribution in [0, 0.1) is 5.41 Å². The van der Waals surface area contributed by atoms with Crippen molar-refractivity contribution in [3.8, 4) is 0 Å². The maximum absolute atomic E-state index is 12.4. The molecule has 1 amide bonds. The summed E-state index contributed by atoms with van der Waals surface area (Å²) in [4.78, 5) is 18.9. The van der Waals surface area contributed by atoms with E-state index < -0.39 is 0 Å². The summed E-state index contributed by atoms with van der Waals surface area (Å²) in [6.45, 7) is 7.08. The van der Waals surface area contributed by atoms with E-state index in [2.05, 4.69) is 30.9 Å². The second-order valence-electron chi connectivity index (χ2n) is 7.25. The van der Waals surface area contributed by atoms with Crippen molar-refractivity contribution in [1.82, 2.24) is 15.0 Å². The maximum atomic E-state index is 12.4. The zero-order valence-corrected chi connectivity index (χ0v) is 12.6. The Hall–Kier alpha value is -1.39. The van der Waals surface area contributed by atoms with E-state index in [1.807, 2.05) is 4.90 Å². The van der Waals surface area contributed by atoms with Gasteiger partial charge in [-0.3, -0.25) is 4.79 Å². The second-order valence-corrected chi connectivity index (χ2v) is 7.25. The molecule has 5 nitrogen and oxygen atoms in total. The summed E-state index contributed by atoms with van der Waals surface area (Å²) in [6, 6.07) is -0.00940. The molecule has 1 saturated carbocycles. The van der Waals surface area contributed by atoms with Gasteiger partial charge in [0.1, 0.15) is 6.04 Å². The molecule has 0 radical (unpaired) electrons. The summed E-state index contributed by atoms with van der Waals surface area (Å²) >= 11 is 0. The molecule has 2 fully saturated rings. The van der Waals surface area contributed by atoms with Crippen LogP contribution in [0.2, 0.25) is 0 Å². The van der Waals surface area contributed by atoms with Crippen LogP contribution in [0.3, 0.4) is 0 Å². The topological polar surface area (TPSA) is 59.2 Å². The first-order valence-corrected chi connectivity index (χ1v) is 7.57. The number of likely N-dealkylation sites (tertiary alicyclic amines) is 1. The lowest BCUT2D eigenvalue weighted by molar-refractivity contribution is -0.134. The molecule has 0 bridgehead atoms. The minimum Gasteiger partial charge on any atom is -0.337 e. The van der Waals surface area contributed by atoms with Crippen molar-refractivity contribution in [2.24, 2.45) is 5.41 Å². The number of hydrogen-bond acceptors (Lipinski definition) is 4. The molecule has 5 heteroatoms. The van der Waals surface area contributed by atoms with Gasteiger partial charge in [-0.25, -0.2) is 0 Å². The normalized spacial score (nSPS) is 23.4. The van der Waals surface area contributed by atoms with E-state index >= 15 is 0 Å². The summed E-state index contributed by atoms with van der Waals surface area (Å²) in [7, 11) is 0. The summed E-state index contributed by atoms with van der Waals surface area (Å²) in [5, 5.41) is 4.07. The van der Waals surface area contributed by atoms with Gasteiger partial charge in [-0.15, -0.1) is 0 Å². The van der Waals surface area contributed by atoms with Crippen molar-refractivity contribution >= 4 is 5.91 Å². The molecular weight excluding hydrogens is 254 g/mol. The summed E-state index contributed by atoms with van der Waals surface area (Å²) in [6.07, 6.45) is 4.84. The van der Waals surface area contributed by atoms with Gasteiger partial charge in [-0.2, -0.15) is 4.98 Å². The maximum Gasteiger partial charge on any atom is 0.249 e. The minimum absolute atomic E-state index is 0.00940. The van der Waals surface area contributed by atoms with E-state index in [4.69, 9.17) is 4.52 Å². The zero-order chi connectivity index (χ0) is 14.3. The van der Waals surface area contributed by atoms with Crippen molar-refractivity contribution in [3.63, 3.8) is 0 Å². The Kier molecular flexibility index (Phi) is 3.30. The predicted molar refractivity (Wildman–Crippen MR) is 74.0 cm³/mol. The van der Waals surface area contributed by atoms with Gasteiger partial charge in [-0.05, 0) is 31.1 Å². The zero-order valence-electron chi connectivity index (χ0n) is 12.6. The Bertz CT molecular complexity index is 499. The Morgan fingerprint density at radius 3 is 2.75 bits per heavy atom. The van der Waals surface area contributed by atoms with E-state index in [9.17, 15) is 4.79 Å². The van der Waals surface area contributed by atoms with Gasteiger partial charge in [0.25, 0.3) is 0 Å². The van der Waals surface area contributed by atoms with E-state index in [1.165, 1.54) is 0 Å². The van der Waals surface area contributed by atoms with Gasteiger partial charge in [0, 0.05) is 18.9 Å². The Balaban J connectivity index is 1.72. The number of rotatable bonds is 3. The molecule has 0 N–H and O–H groups in total. The van der Waals surface area contributed by atoms with Crippen LogP contribution in [0.25, 0.3) is 0 Å². The smallest absolute Gasteiger partial charge is 0.249 e. The van der Waals surface area contributed by atoms with Crippen LogP contribution >= 0.6 is 0 Å². The standard InChI is InChI=1S/C15H23N3O2/c1-15(2,3)9-12(19)18-8-4-5-11(18)14-16-13(17-20-14)10-6-7-10/h10-11H,4-9H2,1-3H3. The van der Waals surface area contributed by atoms with E-state index in [1.54, 1.807) is 0 Å². The lowest BCUT2D eigenvalue weighted by Crippen LogP contribution is -2.33. The van der Waals surface area contributed by atoms with Gasteiger partial charge in [0.05, 0.1) is 0 Å². The molecule has 0 spiro atoms. The molecule has 1 unspecified atom stereocenters. The minimum atomic E-state index is -0.00940. The monoisotopic (exact) mass is 277 g/mol. The predicted octanol–water partition coefficient (Wildman–Crippen LogP) is 3.05. The SMILES string of the molecule is CC(C)(C)CC(=O)N1CCCC1c1nc(C2CC2)no1. The summed E-state index contributed by atoms with van der Waals surface area (Å²) in [5.74, 6) is 2.15. The lowest BCUT2D eigenvalue weighted by Gasteiger charge is -2.26. The van der Waals surface area contributed by atoms with Gasteiger partial charge in [0.2, 0.25) is 11.8 Å². The molecule has 2 aliphatic rings. The van der Waals surface area contributed by atoms with Crippen molar-refractivity contribution in [3.05, 3.63) is 11.7 Å². The number of carbonyl (C=O) groups excluding carboxylic acids is 1. The molecule has 3 rings (SSSR count). The molecule has 0 aromatic carbocycles. The lowest BCUT2D eigenvalue weighted by atomic mass is 9.91. The highest BCUT2D eigenvalue weighted by molar-refractivity contribution is 5.77. The molecule has 20 heavy (non-hydrogen) atoms. The third-order valence-corrected chi connectivity index (χ3v) is 3.94. The third-order valence-electron chi connectivity index (χ3n) is 3.94. The van der Waals surface area contributed by atoms with Crippen LogP contribution in [0.5, 0.6) is 0 Å². The first kappa shape index (κ1) is 13.6. The molecule has 1 atom stereocenters. The fraction of sp³-hybridized carbons (Fsp3) is 0.800. The van der Waals surface area contributed by atoms with Crippen molar-refractivity contribution in [2.45, 2.75) is 64.8 Å². The van der Waals surface area contributed by atoms with Crippen molar-refractivity contribution < 1.29 is 9.32 Å². The van der Waals surface area contributed by atoms with Crippen LogP contribution in [0.1, 0.15) is 76.6 Å².